The highest BCUT2D eigenvalue weighted by molar-refractivity contribution is 6.15. The summed E-state index contributed by atoms with van der Waals surface area (Å²) in [7, 11) is 4.32. The van der Waals surface area contributed by atoms with Gasteiger partial charge in [0, 0.05) is 17.8 Å². The van der Waals surface area contributed by atoms with Crippen molar-refractivity contribution in [3.63, 3.8) is 0 Å². The number of imidazole rings is 1. The lowest BCUT2D eigenvalue weighted by Gasteiger charge is -2.43. The number of hydrogen-bond acceptors (Lipinski definition) is 7. The molecule has 2 aromatic carbocycles. The van der Waals surface area contributed by atoms with E-state index < -0.39 is 17.4 Å². The maximum absolute atomic E-state index is 13.8. The smallest absolute Gasteiger partial charge is 0.359 e. The third-order valence-corrected chi connectivity index (χ3v) is 6.05. The van der Waals surface area contributed by atoms with Crippen LogP contribution in [-0.4, -0.2) is 54.2 Å². The minimum Gasteiger partial charge on any atom is -0.497 e. The van der Waals surface area contributed by atoms with Crippen LogP contribution in [0.5, 0.6) is 11.5 Å². The van der Waals surface area contributed by atoms with Gasteiger partial charge in [-0.05, 0) is 37.3 Å². The van der Waals surface area contributed by atoms with Crippen molar-refractivity contribution in [3.05, 3.63) is 71.8 Å². The molecule has 0 saturated heterocycles. The molecule has 1 N–H and O–H groups in total. The van der Waals surface area contributed by atoms with Crippen LogP contribution in [0.2, 0.25) is 0 Å². The van der Waals surface area contributed by atoms with Crippen molar-refractivity contribution in [2.24, 2.45) is 0 Å². The highest BCUT2D eigenvalue weighted by Crippen LogP contribution is 2.34. The van der Waals surface area contributed by atoms with Crippen molar-refractivity contribution in [2.75, 3.05) is 26.2 Å². The first-order valence-corrected chi connectivity index (χ1v) is 10.9. The Labute approximate surface area is 202 Å². The van der Waals surface area contributed by atoms with Gasteiger partial charge in [-0.25, -0.2) is 9.78 Å². The van der Waals surface area contributed by atoms with Crippen molar-refractivity contribution in [1.29, 1.82) is 0 Å². The molecule has 1 aliphatic heterocycles. The number of esters is 1. The monoisotopic (exact) mass is 478 g/mol. The van der Waals surface area contributed by atoms with E-state index >= 15 is 0 Å². The zero-order valence-corrected chi connectivity index (χ0v) is 19.9. The van der Waals surface area contributed by atoms with Gasteiger partial charge in [-0.15, -0.1) is 0 Å². The number of hydrogen-bond donors (Lipinski definition) is 1. The van der Waals surface area contributed by atoms with Gasteiger partial charge in [-0.2, -0.15) is 0 Å². The van der Waals surface area contributed by atoms with Crippen LogP contribution in [0.4, 0.5) is 5.69 Å². The number of rotatable bonds is 7. The first kappa shape index (κ1) is 23.8. The summed E-state index contributed by atoms with van der Waals surface area (Å²) >= 11 is 0. The van der Waals surface area contributed by atoms with Crippen LogP contribution in [-0.2, 0) is 22.6 Å². The van der Waals surface area contributed by atoms with Crippen molar-refractivity contribution in [2.45, 2.75) is 25.6 Å². The van der Waals surface area contributed by atoms with E-state index in [-0.39, 0.29) is 30.4 Å². The molecule has 0 saturated carbocycles. The number of carbonyl (C=O) groups excluding carboxylic acids is 3. The van der Waals surface area contributed by atoms with Crippen molar-refractivity contribution in [3.8, 4) is 11.5 Å². The number of nitrogens with one attached hydrogen (secondary N) is 1. The fourth-order valence-electron chi connectivity index (χ4n) is 4.23. The van der Waals surface area contributed by atoms with Crippen molar-refractivity contribution >= 4 is 23.5 Å². The molecule has 10 heteroatoms. The van der Waals surface area contributed by atoms with Gasteiger partial charge in [-0.3, -0.25) is 14.5 Å². The van der Waals surface area contributed by atoms with Crippen LogP contribution in [0.25, 0.3) is 0 Å². The molecule has 3 aromatic rings. The normalized spacial score (nSPS) is 16.9. The molecule has 10 nitrogen and oxygen atoms in total. The predicted octanol–water partition coefficient (Wildman–Crippen LogP) is 2.42. The zero-order chi connectivity index (χ0) is 25.2. The molecular formula is C25H26N4O6. The third-order valence-electron chi connectivity index (χ3n) is 6.05. The molecule has 1 aliphatic rings. The quantitative estimate of drug-likeness (QED) is 0.519. The minimum absolute atomic E-state index is 0.0580. The highest BCUT2D eigenvalue weighted by Gasteiger charge is 2.49. The maximum atomic E-state index is 13.8. The second kappa shape index (κ2) is 9.49. The van der Waals surface area contributed by atoms with Crippen molar-refractivity contribution in [1.82, 2.24) is 14.9 Å². The Hall–Kier alpha value is -4.34. The van der Waals surface area contributed by atoms with E-state index in [1.807, 2.05) is 24.3 Å². The molecule has 2 heterocycles. The fourth-order valence-corrected chi connectivity index (χ4v) is 4.23. The average Bonchev–Trinajstić information content (AvgIpc) is 3.31. The molecule has 35 heavy (non-hydrogen) atoms. The lowest BCUT2D eigenvalue weighted by atomic mass is 9.93. The van der Waals surface area contributed by atoms with Gasteiger partial charge in [-0.1, -0.05) is 18.2 Å². The first-order chi connectivity index (χ1) is 16.8. The van der Waals surface area contributed by atoms with Crippen LogP contribution >= 0.6 is 0 Å². The molecular weight excluding hydrogens is 452 g/mol. The van der Waals surface area contributed by atoms with Crippen LogP contribution < -0.4 is 19.7 Å². The van der Waals surface area contributed by atoms with Gasteiger partial charge >= 0.3 is 5.97 Å². The van der Waals surface area contributed by atoms with Crippen LogP contribution in [0.1, 0.15) is 33.5 Å². The zero-order valence-electron chi connectivity index (χ0n) is 19.9. The Morgan fingerprint density at radius 3 is 2.43 bits per heavy atom. The topological polar surface area (TPSA) is 112 Å². The summed E-state index contributed by atoms with van der Waals surface area (Å²) in [5, 5.41) is 2.94. The number of benzene rings is 2. The summed E-state index contributed by atoms with van der Waals surface area (Å²) in [6.45, 7) is 1.95. The molecule has 0 unspecified atom stereocenters. The Morgan fingerprint density at radius 2 is 1.77 bits per heavy atom. The molecule has 4 rings (SSSR count). The van der Waals surface area contributed by atoms with Crippen LogP contribution in [0.15, 0.2) is 54.9 Å². The lowest BCUT2D eigenvalue weighted by molar-refractivity contribution is -0.126. The molecule has 1 atom stereocenters. The third kappa shape index (κ3) is 4.18. The van der Waals surface area contributed by atoms with E-state index in [4.69, 9.17) is 14.2 Å². The SMILES string of the molecule is COC(=O)c1ncn2c1C(=O)N(c1ccc(OC)cc1)[C@@](C)(C(=O)NCc1ccccc1OC)C2. The maximum Gasteiger partial charge on any atom is 0.359 e. The Kier molecular flexibility index (Phi) is 6.46. The summed E-state index contributed by atoms with van der Waals surface area (Å²) < 4.78 is 16.9. The van der Waals surface area contributed by atoms with Gasteiger partial charge in [0.25, 0.3) is 5.91 Å². The summed E-state index contributed by atoms with van der Waals surface area (Å²) in [6.07, 6.45) is 1.37. The van der Waals surface area contributed by atoms with E-state index in [0.717, 1.165) is 5.56 Å². The number of ether oxygens (including phenoxy) is 3. The predicted molar refractivity (Wildman–Crippen MR) is 127 cm³/mol. The van der Waals surface area contributed by atoms with Crippen LogP contribution in [0.3, 0.4) is 0 Å². The summed E-state index contributed by atoms with van der Waals surface area (Å²) in [4.78, 5) is 45.2. The number of aromatic nitrogens is 2. The van der Waals surface area contributed by atoms with E-state index in [0.29, 0.717) is 17.2 Å². The standard InChI is InChI=1S/C25H26N4O6/c1-25(24(32)26-13-16-7-5-6-8-19(16)34-3)14-28-15-27-20(23(31)35-4)21(28)22(30)29(25)17-9-11-18(33-2)12-10-17/h5-12,15H,13-14H2,1-4H3,(H,26,32)/t25-/m1/s1. The van der Waals surface area contributed by atoms with Crippen LogP contribution in [0, 0.1) is 0 Å². The average molecular weight is 479 g/mol. The largest absolute Gasteiger partial charge is 0.497 e. The van der Waals surface area contributed by atoms with Gasteiger partial charge < -0.3 is 24.1 Å². The number of anilines is 1. The number of carbonyl (C=O) groups is 3. The second-order valence-corrected chi connectivity index (χ2v) is 8.17. The van der Waals surface area contributed by atoms with E-state index in [1.165, 1.54) is 30.0 Å². The molecule has 0 fully saturated rings. The van der Waals surface area contributed by atoms with E-state index in [1.54, 1.807) is 38.3 Å². The van der Waals surface area contributed by atoms with Gasteiger partial charge in [0.15, 0.2) is 5.69 Å². The number of nitrogens with zero attached hydrogens (tertiary/aromatic N) is 3. The Bertz CT molecular complexity index is 1270. The summed E-state index contributed by atoms with van der Waals surface area (Å²) in [5.41, 5.74) is -0.125. The van der Waals surface area contributed by atoms with Gasteiger partial charge in [0.1, 0.15) is 22.7 Å². The van der Waals surface area contributed by atoms with E-state index in [2.05, 4.69) is 10.3 Å². The van der Waals surface area contributed by atoms with Gasteiger partial charge in [0.05, 0.1) is 34.2 Å². The number of fused-ring (bicyclic) bond motifs is 1. The molecule has 1 aromatic heterocycles. The fraction of sp³-hybridized carbons (Fsp3) is 0.280. The van der Waals surface area contributed by atoms with E-state index in [9.17, 15) is 14.4 Å². The number of amides is 2. The molecule has 2 amide bonds. The summed E-state index contributed by atoms with van der Waals surface area (Å²) in [6, 6.07) is 14.1. The minimum atomic E-state index is -1.34. The number of methoxy groups -OCH3 is 3. The first-order valence-electron chi connectivity index (χ1n) is 10.9. The molecule has 0 spiro atoms. The summed E-state index contributed by atoms with van der Waals surface area (Å²) in [5.74, 6) is -0.420. The second-order valence-electron chi connectivity index (χ2n) is 8.17. The Morgan fingerprint density at radius 1 is 1.06 bits per heavy atom. The molecule has 0 radical (unpaired) electrons. The number of para-hydroxylation sites is 1. The van der Waals surface area contributed by atoms with Gasteiger partial charge in [0.2, 0.25) is 5.91 Å². The Balaban J connectivity index is 1.74. The highest BCUT2D eigenvalue weighted by atomic mass is 16.5. The lowest BCUT2D eigenvalue weighted by Crippen LogP contribution is -2.64. The molecule has 0 bridgehead atoms. The molecule has 0 aliphatic carbocycles. The molecule has 182 valence electrons. The van der Waals surface area contributed by atoms with Crippen molar-refractivity contribution < 1.29 is 28.6 Å².